The van der Waals surface area contributed by atoms with E-state index in [4.69, 9.17) is 5.73 Å². The summed E-state index contributed by atoms with van der Waals surface area (Å²) in [7, 11) is 4.05. The van der Waals surface area contributed by atoms with Gasteiger partial charge in [0.1, 0.15) is 0 Å². The van der Waals surface area contributed by atoms with Crippen LogP contribution >= 0.6 is 0 Å². The minimum Gasteiger partial charge on any atom is -0.341 e. The van der Waals surface area contributed by atoms with Crippen molar-refractivity contribution in [1.82, 2.24) is 9.80 Å². The van der Waals surface area contributed by atoms with Gasteiger partial charge in [-0.2, -0.15) is 0 Å². The van der Waals surface area contributed by atoms with Crippen molar-refractivity contribution in [1.29, 1.82) is 0 Å². The monoisotopic (exact) mass is 243 g/mol. The van der Waals surface area contributed by atoms with Gasteiger partial charge in [0.05, 0.1) is 0 Å². The Kier molecular flexibility index (Phi) is 8.17. The van der Waals surface area contributed by atoms with E-state index in [1.54, 1.807) is 0 Å². The van der Waals surface area contributed by atoms with E-state index in [1.807, 2.05) is 25.9 Å². The summed E-state index contributed by atoms with van der Waals surface area (Å²) in [5.74, 6) is 0.689. The molecule has 17 heavy (non-hydrogen) atoms. The Labute approximate surface area is 106 Å². The van der Waals surface area contributed by atoms with Crippen LogP contribution in [0.5, 0.6) is 0 Å². The normalized spacial score (nSPS) is 13.2. The molecule has 0 saturated heterocycles. The molecule has 2 N–H and O–H groups in total. The largest absolute Gasteiger partial charge is 0.341 e. The molecule has 0 saturated carbocycles. The van der Waals surface area contributed by atoms with Gasteiger partial charge in [0.2, 0.25) is 5.91 Å². The maximum atomic E-state index is 12.1. The standard InChI is InChI=1S/C13H29N3O/c1-6-12(14)9-13(17)16(10-11(2)3)8-7-15(4)5/h11-12H,6-10,14H2,1-5H3. The molecule has 0 aliphatic heterocycles. The van der Waals surface area contributed by atoms with Crippen molar-refractivity contribution in [3.63, 3.8) is 0 Å². The fourth-order valence-corrected chi connectivity index (χ4v) is 1.58. The highest BCUT2D eigenvalue weighted by atomic mass is 16.2. The lowest BCUT2D eigenvalue weighted by Gasteiger charge is -2.27. The quantitative estimate of drug-likeness (QED) is 0.696. The highest BCUT2D eigenvalue weighted by Gasteiger charge is 2.17. The number of amides is 1. The highest BCUT2D eigenvalue weighted by molar-refractivity contribution is 5.76. The van der Waals surface area contributed by atoms with E-state index in [1.165, 1.54) is 0 Å². The molecule has 4 heteroatoms. The van der Waals surface area contributed by atoms with Crippen LogP contribution in [-0.2, 0) is 4.79 Å². The summed E-state index contributed by atoms with van der Waals surface area (Å²) in [4.78, 5) is 16.1. The zero-order chi connectivity index (χ0) is 13.4. The molecule has 0 aliphatic rings. The Bertz CT molecular complexity index is 217. The fraction of sp³-hybridized carbons (Fsp3) is 0.923. The van der Waals surface area contributed by atoms with Gasteiger partial charge in [-0.1, -0.05) is 20.8 Å². The van der Waals surface area contributed by atoms with E-state index in [0.717, 1.165) is 26.1 Å². The third-order valence-corrected chi connectivity index (χ3v) is 2.72. The lowest BCUT2D eigenvalue weighted by molar-refractivity contribution is -0.132. The first-order chi connectivity index (χ1) is 7.86. The van der Waals surface area contributed by atoms with E-state index in [0.29, 0.717) is 12.3 Å². The third kappa shape index (κ3) is 8.16. The summed E-state index contributed by atoms with van der Waals surface area (Å²) in [5, 5.41) is 0. The molecular weight excluding hydrogens is 214 g/mol. The molecule has 0 rings (SSSR count). The van der Waals surface area contributed by atoms with Gasteiger partial charge >= 0.3 is 0 Å². The minimum atomic E-state index is -0.00322. The second-order valence-electron chi connectivity index (χ2n) is 5.41. The summed E-state index contributed by atoms with van der Waals surface area (Å²) in [6, 6.07) is -0.00322. The summed E-state index contributed by atoms with van der Waals surface area (Å²) < 4.78 is 0. The highest BCUT2D eigenvalue weighted by Crippen LogP contribution is 2.04. The second kappa shape index (κ2) is 8.48. The molecular formula is C13H29N3O. The lowest BCUT2D eigenvalue weighted by atomic mass is 10.1. The first-order valence-electron chi connectivity index (χ1n) is 6.54. The van der Waals surface area contributed by atoms with Crippen molar-refractivity contribution in [3.05, 3.63) is 0 Å². The molecule has 0 fully saturated rings. The molecule has 0 heterocycles. The number of hydrogen-bond acceptors (Lipinski definition) is 3. The van der Waals surface area contributed by atoms with Crippen LogP contribution in [0.4, 0.5) is 0 Å². The number of nitrogens with zero attached hydrogens (tertiary/aromatic N) is 2. The number of nitrogens with two attached hydrogens (primary N) is 1. The number of carbonyl (C=O) groups excluding carboxylic acids is 1. The van der Waals surface area contributed by atoms with Gasteiger partial charge < -0.3 is 15.5 Å². The van der Waals surface area contributed by atoms with Gasteiger partial charge in [-0.25, -0.2) is 0 Å². The molecule has 1 unspecified atom stereocenters. The maximum absolute atomic E-state index is 12.1. The average molecular weight is 243 g/mol. The van der Waals surface area contributed by atoms with Crippen molar-refractivity contribution in [2.24, 2.45) is 11.7 Å². The maximum Gasteiger partial charge on any atom is 0.224 e. The first kappa shape index (κ1) is 16.4. The number of likely N-dealkylation sites (N-methyl/N-ethyl adjacent to an activating group) is 1. The summed E-state index contributed by atoms with van der Waals surface area (Å²) in [5.41, 5.74) is 5.84. The van der Waals surface area contributed by atoms with Gasteiger partial charge in [0.15, 0.2) is 0 Å². The SMILES string of the molecule is CCC(N)CC(=O)N(CCN(C)C)CC(C)C. The number of rotatable bonds is 8. The van der Waals surface area contributed by atoms with Gasteiger partial charge in [-0.15, -0.1) is 0 Å². The van der Waals surface area contributed by atoms with Crippen molar-refractivity contribution >= 4 is 5.91 Å². The summed E-state index contributed by atoms with van der Waals surface area (Å²) in [6.07, 6.45) is 1.32. The molecule has 0 aromatic carbocycles. The van der Waals surface area contributed by atoms with Crippen molar-refractivity contribution in [2.75, 3.05) is 33.7 Å². The van der Waals surface area contributed by atoms with E-state index in [-0.39, 0.29) is 11.9 Å². The lowest BCUT2D eigenvalue weighted by Crippen LogP contribution is -2.41. The smallest absolute Gasteiger partial charge is 0.224 e. The molecule has 0 aromatic heterocycles. The molecule has 1 atom stereocenters. The van der Waals surface area contributed by atoms with Crippen LogP contribution in [0, 0.1) is 5.92 Å². The molecule has 0 bridgehead atoms. The van der Waals surface area contributed by atoms with Crippen molar-refractivity contribution in [3.8, 4) is 0 Å². The fourth-order valence-electron chi connectivity index (χ4n) is 1.58. The van der Waals surface area contributed by atoms with Crippen LogP contribution in [0.2, 0.25) is 0 Å². The number of hydrogen-bond donors (Lipinski definition) is 1. The average Bonchev–Trinajstić information content (AvgIpc) is 2.22. The van der Waals surface area contributed by atoms with Crippen LogP contribution in [-0.4, -0.2) is 55.5 Å². The number of carbonyl (C=O) groups is 1. The third-order valence-electron chi connectivity index (χ3n) is 2.72. The minimum absolute atomic E-state index is 0.00322. The summed E-state index contributed by atoms with van der Waals surface area (Å²) >= 11 is 0. The zero-order valence-electron chi connectivity index (χ0n) is 12.1. The van der Waals surface area contributed by atoms with E-state index >= 15 is 0 Å². The van der Waals surface area contributed by atoms with Crippen LogP contribution in [0.15, 0.2) is 0 Å². The Morgan fingerprint density at radius 1 is 1.24 bits per heavy atom. The summed E-state index contributed by atoms with van der Waals surface area (Å²) in [6.45, 7) is 8.80. The molecule has 0 aliphatic carbocycles. The van der Waals surface area contributed by atoms with E-state index in [2.05, 4.69) is 18.7 Å². The topological polar surface area (TPSA) is 49.6 Å². The van der Waals surface area contributed by atoms with Crippen LogP contribution in [0.25, 0.3) is 0 Å². The Balaban J connectivity index is 4.29. The molecule has 4 nitrogen and oxygen atoms in total. The molecule has 102 valence electrons. The predicted molar refractivity (Wildman–Crippen MR) is 72.9 cm³/mol. The first-order valence-corrected chi connectivity index (χ1v) is 6.54. The second-order valence-corrected chi connectivity index (χ2v) is 5.41. The Morgan fingerprint density at radius 3 is 2.24 bits per heavy atom. The van der Waals surface area contributed by atoms with Crippen LogP contribution < -0.4 is 5.73 Å². The molecule has 0 aromatic rings. The molecule has 1 amide bonds. The predicted octanol–water partition coefficient (Wildman–Crippen LogP) is 1.16. The van der Waals surface area contributed by atoms with Crippen LogP contribution in [0.1, 0.15) is 33.6 Å². The Morgan fingerprint density at radius 2 is 1.82 bits per heavy atom. The van der Waals surface area contributed by atoms with Crippen molar-refractivity contribution < 1.29 is 4.79 Å². The van der Waals surface area contributed by atoms with Gasteiger partial charge in [0, 0.05) is 32.1 Å². The van der Waals surface area contributed by atoms with Crippen LogP contribution in [0.3, 0.4) is 0 Å². The zero-order valence-corrected chi connectivity index (χ0v) is 12.1. The van der Waals surface area contributed by atoms with Gasteiger partial charge in [0.25, 0.3) is 0 Å². The van der Waals surface area contributed by atoms with E-state index in [9.17, 15) is 4.79 Å². The van der Waals surface area contributed by atoms with E-state index < -0.39 is 0 Å². The molecule has 0 radical (unpaired) electrons. The van der Waals surface area contributed by atoms with Crippen molar-refractivity contribution in [2.45, 2.75) is 39.7 Å². The molecule has 0 spiro atoms. The van der Waals surface area contributed by atoms with Gasteiger partial charge in [-0.3, -0.25) is 4.79 Å². The van der Waals surface area contributed by atoms with Gasteiger partial charge in [-0.05, 0) is 26.4 Å². The Hall–Kier alpha value is -0.610.